The molecule has 0 saturated heterocycles. The lowest BCUT2D eigenvalue weighted by molar-refractivity contribution is -0.122. The van der Waals surface area contributed by atoms with Crippen LogP contribution in [-0.4, -0.2) is 27.1 Å². The maximum absolute atomic E-state index is 12.6. The van der Waals surface area contributed by atoms with Gasteiger partial charge in [0, 0.05) is 29.8 Å². The minimum atomic E-state index is -0.0236. The van der Waals surface area contributed by atoms with Crippen LogP contribution in [0, 0.1) is 25.2 Å². The van der Waals surface area contributed by atoms with Crippen molar-refractivity contribution in [2.45, 2.75) is 39.2 Å². The van der Waals surface area contributed by atoms with E-state index in [0.717, 1.165) is 34.7 Å². The lowest BCUT2D eigenvalue weighted by atomic mass is 10.00. The fourth-order valence-electron chi connectivity index (χ4n) is 3.75. The average molecular weight is 375 g/mol. The minimum Gasteiger partial charge on any atom is -0.493 e. The summed E-state index contributed by atoms with van der Waals surface area (Å²) >= 11 is 0. The number of aryl methyl sites for hydroxylation is 2. The molecule has 7 nitrogen and oxygen atoms in total. The molecule has 0 saturated carbocycles. The van der Waals surface area contributed by atoms with Crippen LogP contribution in [0.15, 0.2) is 30.5 Å². The van der Waals surface area contributed by atoms with E-state index in [4.69, 9.17) is 4.74 Å². The van der Waals surface area contributed by atoms with Crippen molar-refractivity contribution in [3.8, 4) is 11.8 Å². The van der Waals surface area contributed by atoms with E-state index in [1.807, 2.05) is 38.1 Å². The number of fused-ring (bicyclic) bond motifs is 2. The van der Waals surface area contributed by atoms with E-state index in [2.05, 4.69) is 21.5 Å². The monoisotopic (exact) mass is 375 g/mol. The van der Waals surface area contributed by atoms with Gasteiger partial charge >= 0.3 is 0 Å². The van der Waals surface area contributed by atoms with Crippen molar-refractivity contribution in [3.05, 3.63) is 58.5 Å². The Hall–Kier alpha value is -3.40. The van der Waals surface area contributed by atoms with Crippen molar-refractivity contribution in [2.24, 2.45) is 0 Å². The zero-order valence-electron chi connectivity index (χ0n) is 15.9. The summed E-state index contributed by atoms with van der Waals surface area (Å²) in [5.41, 5.74) is 4.76. The largest absolute Gasteiger partial charge is 0.493 e. The van der Waals surface area contributed by atoms with E-state index >= 15 is 0 Å². The molecule has 0 bridgehead atoms. The van der Waals surface area contributed by atoms with Crippen LogP contribution in [-0.2, 0) is 11.2 Å². The highest BCUT2D eigenvalue weighted by atomic mass is 16.5. The number of carbonyl (C=O) groups excluding carboxylic acids is 1. The third-order valence-corrected chi connectivity index (χ3v) is 5.22. The predicted molar refractivity (Wildman–Crippen MR) is 103 cm³/mol. The van der Waals surface area contributed by atoms with Gasteiger partial charge < -0.3 is 10.1 Å². The third kappa shape index (κ3) is 3.18. The summed E-state index contributed by atoms with van der Waals surface area (Å²) in [5, 5.41) is 16.6. The zero-order chi connectivity index (χ0) is 19.7. The molecule has 1 aliphatic rings. The first-order valence-corrected chi connectivity index (χ1v) is 9.33. The van der Waals surface area contributed by atoms with Gasteiger partial charge in [0.1, 0.15) is 17.4 Å². The highest BCUT2D eigenvalue weighted by molar-refractivity contribution is 5.77. The number of para-hydroxylation sites is 1. The molecule has 4 rings (SSSR count). The zero-order valence-corrected chi connectivity index (χ0v) is 15.9. The molecule has 3 aromatic rings. The molecule has 7 heteroatoms. The molecular weight excluding hydrogens is 354 g/mol. The summed E-state index contributed by atoms with van der Waals surface area (Å²) in [6, 6.07) is 9.90. The first-order chi connectivity index (χ1) is 13.6. The Morgan fingerprint density at radius 1 is 1.39 bits per heavy atom. The van der Waals surface area contributed by atoms with E-state index < -0.39 is 0 Å². The fourth-order valence-corrected chi connectivity index (χ4v) is 3.75. The molecule has 1 aromatic carbocycles. The quantitative estimate of drug-likeness (QED) is 0.757. The van der Waals surface area contributed by atoms with Crippen LogP contribution in [0.1, 0.15) is 47.0 Å². The number of aromatic nitrogens is 3. The van der Waals surface area contributed by atoms with Crippen molar-refractivity contribution in [1.29, 1.82) is 5.26 Å². The maximum Gasteiger partial charge on any atom is 0.220 e. The summed E-state index contributed by atoms with van der Waals surface area (Å²) in [6.07, 6.45) is 3.21. The van der Waals surface area contributed by atoms with Crippen LogP contribution in [0.5, 0.6) is 5.75 Å². The minimum absolute atomic E-state index is 0.00113. The predicted octanol–water partition coefficient (Wildman–Crippen LogP) is 2.79. The van der Waals surface area contributed by atoms with E-state index in [9.17, 15) is 10.1 Å². The molecule has 28 heavy (non-hydrogen) atoms. The van der Waals surface area contributed by atoms with Crippen molar-refractivity contribution < 1.29 is 9.53 Å². The Labute approximate surface area is 163 Å². The standard InChI is InChI=1S/C21H21N5O2/c1-13-16(14(2)26-21(24-13)15(11-22)12-23-26)7-8-20(27)25-18-9-10-28-19-6-4-3-5-17(18)19/h3-6,12,18H,7-10H2,1-2H3,(H,25,27). The van der Waals surface area contributed by atoms with Crippen molar-refractivity contribution >= 4 is 11.6 Å². The van der Waals surface area contributed by atoms with Crippen LogP contribution in [0.4, 0.5) is 0 Å². The lowest BCUT2D eigenvalue weighted by Crippen LogP contribution is -2.32. The van der Waals surface area contributed by atoms with Gasteiger partial charge in [-0.1, -0.05) is 18.2 Å². The van der Waals surface area contributed by atoms with Crippen molar-refractivity contribution in [2.75, 3.05) is 6.61 Å². The summed E-state index contributed by atoms with van der Waals surface area (Å²) < 4.78 is 7.33. The second-order valence-corrected chi connectivity index (χ2v) is 6.96. The molecule has 3 heterocycles. The van der Waals surface area contributed by atoms with E-state index in [-0.39, 0.29) is 11.9 Å². The number of benzene rings is 1. The van der Waals surface area contributed by atoms with Gasteiger partial charge in [-0.25, -0.2) is 9.50 Å². The summed E-state index contributed by atoms with van der Waals surface area (Å²) in [7, 11) is 0. The summed E-state index contributed by atoms with van der Waals surface area (Å²) in [4.78, 5) is 17.1. The smallest absolute Gasteiger partial charge is 0.220 e. The number of hydrogen-bond acceptors (Lipinski definition) is 5. The number of rotatable bonds is 4. The number of amides is 1. The number of nitrogens with zero attached hydrogens (tertiary/aromatic N) is 4. The molecule has 1 aliphatic heterocycles. The van der Waals surface area contributed by atoms with E-state index in [1.54, 1.807) is 4.52 Å². The van der Waals surface area contributed by atoms with Gasteiger partial charge in [-0.2, -0.15) is 10.4 Å². The van der Waals surface area contributed by atoms with Gasteiger partial charge in [0.25, 0.3) is 0 Å². The summed E-state index contributed by atoms with van der Waals surface area (Å²) in [6.45, 7) is 4.45. The SMILES string of the molecule is Cc1nc2c(C#N)cnn2c(C)c1CCC(=O)NC1CCOc2ccccc21. The average Bonchev–Trinajstić information content (AvgIpc) is 3.11. The van der Waals surface area contributed by atoms with Gasteiger partial charge in [0.2, 0.25) is 5.91 Å². The molecule has 1 N–H and O–H groups in total. The van der Waals surface area contributed by atoms with Gasteiger partial charge in [-0.15, -0.1) is 0 Å². The van der Waals surface area contributed by atoms with Gasteiger partial charge in [0.05, 0.1) is 18.8 Å². The summed E-state index contributed by atoms with van der Waals surface area (Å²) in [5.74, 6) is 0.839. The van der Waals surface area contributed by atoms with Crippen molar-refractivity contribution in [3.63, 3.8) is 0 Å². The van der Waals surface area contributed by atoms with Crippen LogP contribution < -0.4 is 10.1 Å². The van der Waals surface area contributed by atoms with E-state index in [0.29, 0.717) is 30.7 Å². The molecule has 1 atom stereocenters. The first-order valence-electron chi connectivity index (χ1n) is 9.33. The highest BCUT2D eigenvalue weighted by Gasteiger charge is 2.23. The molecular formula is C21H21N5O2. The van der Waals surface area contributed by atoms with Crippen LogP contribution in [0.3, 0.4) is 0 Å². The molecule has 0 aliphatic carbocycles. The normalized spacial score (nSPS) is 15.5. The Morgan fingerprint density at radius 2 is 2.21 bits per heavy atom. The number of nitrogens with one attached hydrogen (secondary N) is 1. The fraction of sp³-hybridized carbons (Fsp3) is 0.333. The topological polar surface area (TPSA) is 92.3 Å². The molecule has 0 spiro atoms. The Bertz CT molecular complexity index is 1100. The molecule has 1 amide bonds. The molecule has 0 fully saturated rings. The molecule has 2 aromatic heterocycles. The van der Waals surface area contributed by atoms with Gasteiger partial charge in [-0.3, -0.25) is 4.79 Å². The van der Waals surface area contributed by atoms with Crippen LogP contribution in [0.25, 0.3) is 5.65 Å². The Kier molecular flexibility index (Phi) is 4.70. The second kappa shape index (κ2) is 7.31. The van der Waals surface area contributed by atoms with Crippen molar-refractivity contribution in [1.82, 2.24) is 19.9 Å². The number of hydrogen-bond donors (Lipinski definition) is 1. The second-order valence-electron chi connectivity index (χ2n) is 6.96. The maximum atomic E-state index is 12.6. The Balaban J connectivity index is 1.48. The molecule has 142 valence electrons. The van der Waals surface area contributed by atoms with E-state index in [1.165, 1.54) is 6.20 Å². The molecule has 1 unspecified atom stereocenters. The number of nitriles is 1. The van der Waals surface area contributed by atoms with Crippen LogP contribution >= 0.6 is 0 Å². The van der Waals surface area contributed by atoms with Gasteiger partial charge in [-0.05, 0) is 31.9 Å². The van der Waals surface area contributed by atoms with Gasteiger partial charge in [0.15, 0.2) is 5.65 Å². The first kappa shape index (κ1) is 18.0. The number of ether oxygens (including phenoxy) is 1. The van der Waals surface area contributed by atoms with Crippen LogP contribution in [0.2, 0.25) is 0 Å². The number of carbonyl (C=O) groups is 1. The Morgan fingerprint density at radius 3 is 3.04 bits per heavy atom. The third-order valence-electron chi connectivity index (χ3n) is 5.22. The lowest BCUT2D eigenvalue weighted by Gasteiger charge is -2.26. The molecule has 0 radical (unpaired) electrons. The highest BCUT2D eigenvalue weighted by Crippen LogP contribution is 2.31.